The average molecular weight is 486 g/mol. The number of piperidine rings is 2. The summed E-state index contributed by atoms with van der Waals surface area (Å²) in [5, 5.41) is 8.15. The van der Waals surface area contributed by atoms with Crippen molar-refractivity contribution in [2.75, 3.05) is 38.3 Å². The first-order chi connectivity index (χ1) is 15.9. The molecule has 0 bridgehead atoms. The van der Waals surface area contributed by atoms with Gasteiger partial charge in [-0.3, -0.25) is 0 Å². The number of pyridine rings is 1. The van der Waals surface area contributed by atoms with E-state index in [0.717, 1.165) is 36.9 Å². The van der Waals surface area contributed by atoms with E-state index in [-0.39, 0.29) is 0 Å². The summed E-state index contributed by atoms with van der Waals surface area (Å²) < 4.78 is 4.95. The fourth-order valence-corrected chi connectivity index (χ4v) is 6.43. The van der Waals surface area contributed by atoms with Crippen LogP contribution in [0.15, 0.2) is 30.0 Å². The Hall–Kier alpha value is -1.74. The molecule has 0 unspecified atom stereocenters. The maximum absolute atomic E-state index is 4.95. The molecule has 2 aliphatic heterocycles. The standard InChI is InChI=1S/C19H23N5S.C6H16OSi/c1-2-7-23-19(5-1)6-3-10-24(13-19)15-4-8-20-17-16(15)14(12-22-17)18-21-9-11-25-18;1-7-5-6-8(2,3)4/h4,8-9,11-12,23H,1-3,5-7,10,13H2,(H,20,22);5-6H2,1-4H3/t19-;/m0./s1. The third-order valence-electron chi connectivity index (χ3n) is 6.77. The Morgan fingerprint density at radius 1 is 1.15 bits per heavy atom. The summed E-state index contributed by atoms with van der Waals surface area (Å²) in [5.41, 5.74) is 3.72. The van der Waals surface area contributed by atoms with Crippen molar-refractivity contribution in [1.82, 2.24) is 20.3 Å². The fraction of sp³-hybridized carbons (Fsp3) is 0.600. The van der Waals surface area contributed by atoms with Crippen molar-refractivity contribution in [3.63, 3.8) is 0 Å². The van der Waals surface area contributed by atoms with Gasteiger partial charge in [-0.15, -0.1) is 11.3 Å². The van der Waals surface area contributed by atoms with E-state index < -0.39 is 8.07 Å². The van der Waals surface area contributed by atoms with Gasteiger partial charge in [-0.2, -0.15) is 0 Å². The van der Waals surface area contributed by atoms with Crippen LogP contribution < -0.4 is 10.2 Å². The highest BCUT2D eigenvalue weighted by atomic mass is 32.1. The largest absolute Gasteiger partial charge is 0.385 e. The third-order valence-corrected chi connectivity index (χ3v) is 9.28. The minimum atomic E-state index is -0.803. The van der Waals surface area contributed by atoms with Crippen LogP contribution in [0, 0.1) is 0 Å². The van der Waals surface area contributed by atoms with Crippen molar-refractivity contribution in [3.05, 3.63) is 30.0 Å². The molecule has 1 atom stereocenters. The Kier molecular flexibility index (Phi) is 7.89. The SMILES string of the molecule is COCC[Si](C)(C)C.c1csc(-c2c[nH]c3nccc(N4CCC[C@@]5(CCCCN5)C4)c23)n1. The number of nitrogens with zero attached hydrogens (tertiary/aromatic N) is 3. The van der Waals surface area contributed by atoms with Gasteiger partial charge in [0.1, 0.15) is 10.7 Å². The molecule has 8 heteroatoms. The number of aromatic amines is 1. The minimum Gasteiger partial charge on any atom is -0.385 e. The van der Waals surface area contributed by atoms with E-state index in [4.69, 9.17) is 4.74 Å². The molecule has 2 saturated heterocycles. The molecule has 0 saturated carbocycles. The Balaban J connectivity index is 0.000000281. The predicted molar refractivity (Wildman–Crippen MR) is 143 cm³/mol. The van der Waals surface area contributed by atoms with Crippen LogP contribution in [0.2, 0.25) is 25.7 Å². The number of thiazole rings is 1. The second-order valence-electron chi connectivity index (χ2n) is 10.6. The first-order valence-electron chi connectivity index (χ1n) is 12.3. The summed E-state index contributed by atoms with van der Waals surface area (Å²) in [6.07, 6.45) is 12.3. The summed E-state index contributed by atoms with van der Waals surface area (Å²) >= 11 is 1.68. The molecule has 3 aromatic rings. The van der Waals surface area contributed by atoms with Crippen molar-refractivity contribution in [2.24, 2.45) is 0 Å². The number of nitrogens with one attached hydrogen (secondary N) is 2. The molecule has 180 valence electrons. The molecular weight excluding hydrogens is 446 g/mol. The molecule has 1 spiro atoms. The van der Waals surface area contributed by atoms with Gasteiger partial charge < -0.3 is 19.9 Å². The van der Waals surface area contributed by atoms with Crippen molar-refractivity contribution in [2.45, 2.75) is 63.3 Å². The Morgan fingerprint density at radius 2 is 2.00 bits per heavy atom. The van der Waals surface area contributed by atoms with Crippen LogP contribution >= 0.6 is 11.3 Å². The average Bonchev–Trinajstić information content (AvgIpc) is 3.48. The molecule has 0 aliphatic carbocycles. The van der Waals surface area contributed by atoms with E-state index in [1.54, 1.807) is 18.4 Å². The van der Waals surface area contributed by atoms with Gasteiger partial charge in [0.25, 0.3) is 0 Å². The van der Waals surface area contributed by atoms with Crippen LogP contribution in [0.4, 0.5) is 5.69 Å². The lowest BCUT2D eigenvalue weighted by Gasteiger charge is -2.47. The quantitative estimate of drug-likeness (QED) is 0.449. The minimum absolute atomic E-state index is 0.295. The van der Waals surface area contributed by atoms with Gasteiger partial charge in [0.05, 0.1) is 11.1 Å². The van der Waals surface area contributed by atoms with Crippen molar-refractivity contribution >= 4 is 36.1 Å². The summed E-state index contributed by atoms with van der Waals surface area (Å²) in [6.45, 7) is 11.4. The number of aromatic nitrogens is 3. The monoisotopic (exact) mass is 485 g/mol. The van der Waals surface area contributed by atoms with Crippen LogP contribution in [-0.4, -0.2) is 61.9 Å². The van der Waals surface area contributed by atoms with E-state index in [0.29, 0.717) is 5.54 Å². The number of hydrogen-bond acceptors (Lipinski definition) is 6. The molecule has 0 amide bonds. The summed E-state index contributed by atoms with van der Waals surface area (Å²) in [4.78, 5) is 15.0. The second-order valence-corrected chi connectivity index (χ2v) is 17.1. The number of H-pyrrole nitrogens is 1. The first-order valence-corrected chi connectivity index (χ1v) is 16.8. The lowest BCUT2D eigenvalue weighted by atomic mass is 9.81. The number of ether oxygens (including phenoxy) is 1. The second kappa shape index (κ2) is 10.7. The zero-order valence-electron chi connectivity index (χ0n) is 20.6. The molecule has 6 nitrogen and oxygen atoms in total. The molecular formula is C25H39N5OSSi. The molecule has 5 rings (SSSR count). The highest BCUT2D eigenvalue weighted by Gasteiger charge is 2.37. The van der Waals surface area contributed by atoms with E-state index in [2.05, 4.69) is 57.1 Å². The van der Waals surface area contributed by atoms with E-state index in [1.807, 2.05) is 17.8 Å². The lowest BCUT2D eigenvalue weighted by molar-refractivity contribution is 0.214. The molecule has 2 N–H and O–H groups in total. The van der Waals surface area contributed by atoms with Gasteiger partial charge in [-0.05, 0) is 44.3 Å². The van der Waals surface area contributed by atoms with Crippen molar-refractivity contribution in [3.8, 4) is 10.6 Å². The van der Waals surface area contributed by atoms with Crippen LogP contribution in [-0.2, 0) is 4.74 Å². The summed E-state index contributed by atoms with van der Waals surface area (Å²) in [5.74, 6) is 0. The molecule has 5 heterocycles. The molecule has 0 radical (unpaired) electrons. The number of methoxy groups -OCH3 is 1. The summed E-state index contributed by atoms with van der Waals surface area (Å²) in [7, 11) is 0.961. The number of rotatable bonds is 5. The molecule has 3 aromatic heterocycles. The zero-order valence-corrected chi connectivity index (χ0v) is 22.4. The zero-order chi connectivity index (χ0) is 23.3. The summed E-state index contributed by atoms with van der Waals surface area (Å²) in [6, 6.07) is 3.46. The predicted octanol–water partition coefficient (Wildman–Crippen LogP) is 5.77. The topological polar surface area (TPSA) is 66.1 Å². The van der Waals surface area contributed by atoms with E-state index >= 15 is 0 Å². The maximum atomic E-state index is 4.95. The van der Waals surface area contributed by atoms with Crippen molar-refractivity contribution < 1.29 is 4.74 Å². The molecule has 33 heavy (non-hydrogen) atoms. The molecule has 2 fully saturated rings. The van der Waals surface area contributed by atoms with Crippen LogP contribution in [0.1, 0.15) is 32.1 Å². The Morgan fingerprint density at radius 3 is 2.67 bits per heavy atom. The highest BCUT2D eigenvalue weighted by molar-refractivity contribution is 7.13. The van der Waals surface area contributed by atoms with Gasteiger partial charge in [0, 0.05) is 70.0 Å². The number of hydrogen-bond donors (Lipinski definition) is 2. The first kappa shape index (κ1) is 24.4. The van der Waals surface area contributed by atoms with Crippen LogP contribution in [0.25, 0.3) is 21.6 Å². The van der Waals surface area contributed by atoms with Crippen molar-refractivity contribution in [1.29, 1.82) is 0 Å². The smallest absolute Gasteiger partial charge is 0.140 e. The van der Waals surface area contributed by atoms with E-state index in [9.17, 15) is 0 Å². The van der Waals surface area contributed by atoms with E-state index in [1.165, 1.54) is 54.8 Å². The van der Waals surface area contributed by atoms with Gasteiger partial charge in [0.2, 0.25) is 0 Å². The lowest BCUT2D eigenvalue weighted by Crippen LogP contribution is -2.59. The van der Waals surface area contributed by atoms with Gasteiger partial charge in [-0.25, -0.2) is 9.97 Å². The highest BCUT2D eigenvalue weighted by Crippen LogP contribution is 2.39. The van der Waals surface area contributed by atoms with Crippen LogP contribution in [0.3, 0.4) is 0 Å². The van der Waals surface area contributed by atoms with Gasteiger partial charge in [0.15, 0.2) is 0 Å². The Labute approximate surface area is 203 Å². The van der Waals surface area contributed by atoms with Crippen LogP contribution in [0.5, 0.6) is 0 Å². The molecule has 2 aliphatic rings. The normalized spacial score (nSPS) is 21.3. The molecule has 0 aromatic carbocycles. The number of fused-ring (bicyclic) bond motifs is 1. The fourth-order valence-electron chi connectivity index (χ4n) is 4.95. The Bertz CT molecular complexity index is 1000. The van der Waals surface area contributed by atoms with Gasteiger partial charge >= 0.3 is 0 Å². The number of anilines is 1. The maximum Gasteiger partial charge on any atom is 0.140 e. The third kappa shape index (κ3) is 6.04. The van der Waals surface area contributed by atoms with Gasteiger partial charge in [-0.1, -0.05) is 26.1 Å².